The second-order valence-corrected chi connectivity index (χ2v) is 3.69. The number of carboxylic acids is 1. The molecule has 0 bridgehead atoms. The molecule has 0 aliphatic rings. The lowest BCUT2D eigenvalue weighted by molar-refractivity contribution is -0.880. The molecule has 0 unspecified atom stereocenters. The maximum atomic E-state index is 11.0. The van der Waals surface area contributed by atoms with Gasteiger partial charge in [-0.05, 0) is 0 Å². The average Bonchev–Trinajstić information content (AvgIpc) is 1.53. The van der Waals surface area contributed by atoms with Crippen LogP contribution in [0.15, 0.2) is 0 Å². The van der Waals surface area contributed by atoms with Gasteiger partial charge >= 0.3 is 5.97 Å². The van der Waals surface area contributed by atoms with Gasteiger partial charge in [0, 0.05) is 6.42 Å². The minimum Gasteiger partial charge on any atom is -0.848 e. The van der Waals surface area contributed by atoms with Gasteiger partial charge in [0.25, 0.3) is 0 Å². The number of carbonyl (C=O) groups is 1. The molecule has 0 spiro atoms. The van der Waals surface area contributed by atoms with Crippen LogP contribution in [0.1, 0.15) is 6.42 Å². The summed E-state index contributed by atoms with van der Waals surface area (Å²) < 4.78 is 0.515. The van der Waals surface area contributed by atoms with Crippen molar-refractivity contribution in [1.82, 2.24) is 0 Å². The van der Waals surface area contributed by atoms with E-state index in [0.29, 0.717) is 11.0 Å². The molecule has 0 aliphatic carbocycles. The van der Waals surface area contributed by atoms with E-state index in [2.05, 4.69) is 0 Å². The molecular weight excluding hydrogens is 146 g/mol. The smallest absolute Gasteiger partial charge is 0.302 e. The molecule has 4 nitrogen and oxygen atoms in total. The highest BCUT2D eigenvalue weighted by Gasteiger charge is 2.11. The summed E-state index contributed by atoms with van der Waals surface area (Å²) in [6, 6.07) is 0. The zero-order chi connectivity index (χ0) is 9.07. The van der Waals surface area contributed by atoms with Crippen molar-refractivity contribution in [1.29, 1.82) is 0 Å². The van der Waals surface area contributed by atoms with Crippen molar-refractivity contribution < 1.29 is 19.5 Å². The predicted molar refractivity (Wildman–Crippen MR) is 38.9 cm³/mol. The highest BCUT2D eigenvalue weighted by molar-refractivity contribution is 5.67. The van der Waals surface area contributed by atoms with Crippen LogP contribution in [0.3, 0.4) is 0 Å². The van der Waals surface area contributed by atoms with Crippen LogP contribution in [0.5, 0.6) is 0 Å². The number of hydrogen-bond donors (Lipinski definition) is 1. The third kappa shape index (κ3) is 7.29. The minimum absolute atomic E-state index is 0.282. The first-order chi connectivity index (χ1) is 4.81. The minimum atomic E-state index is -1.02. The number of hydrogen-bond acceptors (Lipinski definition) is 2. The summed E-state index contributed by atoms with van der Waals surface area (Å²) in [5, 5.41) is 19.2. The summed E-state index contributed by atoms with van der Waals surface area (Å²) in [5.41, 5.74) is 0. The molecule has 0 heterocycles. The Morgan fingerprint density at radius 2 is 2.00 bits per heavy atom. The van der Waals surface area contributed by atoms with Crippen molar-refractivity contribution in [3.63, 3.8) is 0 Å². The molecule has 0 fully saturated rings. The number of likely N-dealkylation sites (N-methyl/N-ethyl adjacent to an activating group) is 1. The number of rotatable bonds is 4. The van der Waals surface area contributed by atoms with Gasteiger partial charge < -0.3 is 14.7 Å². The maximum absolute atomic E-state index is 11.0. The molecule has 0 aromatic rings. The monoisotopic (exact) mass is 161 g/mol. The van der Waals surface area contributed by atoms with E-state index in [-0.39, 0.29) is 6.42 Å². The molecule has 0 aromatic heterocycles. The maximum Gasteiger partial charge on any atom is 0.302 e. The number of quaternary nitrogens is 1. The Bertz CT molecular complexity index is 139. The van der Waals surface area contributed by atoms with E-state index in [1.54, 1.807) is 0 Å². The van der Waals surface area contributed by atoms with Crippen LogP contribution in [0.25, 0.3) is 0 Å². The lowest BCUT2D eigenvalue weighted by Gasteiger charge is -2.31. The first-order valence-electron chi connectivity index (χ1n) is 3.49. The van der Waals surface area contributed by atoms with Crippen molar-refractivity contribution in [2.45, 2.75) is 12.5 Å². The SMILES string of the molecule is C[N+](C)(C)C[C@H]([O-])CC(=O)O. The van der Waals surface area contributed by atoms with Gasteiger partial charge in [0.15, 0.2) is 0 Å². The van der Waals surface area contributed by atoms with Gasteiger partial charge in [0.1, 0.15) is 0 Å². The van der Waals surface area contributed by atoms with Crippen LogP contribution in [-0.4, -0.2) is 49.4 Å². The van der Waals surface area contributed by atoms with Crippen molar-refractivity contribution in [3.8, 4) is 0 Å². The Labute approximate surface area is 66.6 Å². The highest BCUT2D eigenvalue weighted by atomic mass is 16.4. The van der Waals surface area contributed by atoms with Gasteiger partial charge in [-0.1, -0.05) is 6.10 Å². The van der Waals surface area contributed by atoms with Gasteiger partial charge in [0.2, 0.25) is 0 Å². The normalized spacial score (nSPS) is 14.5. The standard InChI is InChI=1S/C7H15NO3/c1-8(2,3)5-6(9)4-7(10)11/h6H,4-5H2,1-3H3,(H,10,11)/t6-/m1/s1. The third-order valence-corrected chi connectivity index (χ3v) is 1.15. The summed E-state index contributed by atoms with van der Waals surface area (Å²) in [4.78, 5) is 10.1. The van der Waals surface area contributed by atoms with Crippen molar-refractivity contribution in [3.05, 3.63) is 0 Å². The van der Waals surface area contributed by atoms with Crippen molar-refractivity contribution >= 4 is 5.97 Å². The Morgan fingerprint density at radius 3 is 2.27 bits per heavy atom. The number of nitrogens with zero attached hydrogens (tertiary/aromatic N) is 1. The zero-order valence-corrected chi connectivity index (χ0v) is 7.20. The van der Waals surface area contributed by atoms with Gasteiger partial charge in [-0.3, -0.25) is 4.79 Å². The lowest BCUT2D eigenvalue weighted by Crippen LogP contribution is -2.47. The topological polar surface area (TPSA) is 60.4 Å². The van der Waals surface area contributed by atoms with E-state index >= 15 is 0 Å². The molecule has 0 saturated heterocycles. The molecular formula is C7H15NO3. The van der Waals surface area contributed by atoms with Crippen LogP contribution in [0, 0.1) is 0 Å². The molecule has 0 aromatic carbocycles. The first-order valence-corrected chi connectivity index (χ1v) is 3.49. The second kappa shape index (κ2) is 3.69. The van der Waals surface area contributed by atoms with Crippen LogP contribution >= 0.6 is 0 Å². The molecule has 1 atom stereocenters. The van der Waals surface area contributed by atoms with E-state index < -0.39 is 12.1 Å². The van der Waals surface area contributed by atoms with E-state index in [9.17, 15) is 9.90 Å². The van der Waals surface area contributed by atoms with Crippen LogP contribution in [0.2, 0.25) is 0 Å². The van der Waals surface area contributed by atoms with Crippen molar-refractivity contribution in [2.75, 3.05) is 27.7 Å². The molecule has 0 aliphatic heterocycles. The largest absolute Gasteiger partial charge is 0.848 e. The Kier molecular flexibility index (Phi) is 3.48. The summed E-state index contributed by atoms with van der Waals surface area (Å²) in [6.07, 6.45) is -1.28. The number of aliphatic carboxylic acids is 1. The van der Waals surface area contributed by atoms with Gasteiger partial charge in [-0.25, -0.2) is 0 Å². The molecule has 11 heavy (non-hydrogen) atoms. The summed E-state index contributed by atoms with van der Waals surface area (Å²) in [7, 11) is 5.60. The van der Waals surface area contributed by atoms with Gasteiger partial charge in [0.05, 0.1) is 27.7 Å². The van der Waals surface area contributed by atoms with E-state index in [0.717, 1.165) is 0 Å². The summed E-state index contributed by atoms with van der Waals surface area (Å²) >= 11 is 0. The lowest BCUT2D eigenvalue weighted by atomic mass is 10.2. The molecule has 0 amide bonds. The van der Waals surface area contributed by atoms with Crippen LogP contribution < -0.4 is 5.11 Å². The highest BCUT2D eigenvalue weighted by Crippen LogP contribution is 1.95. The first kappa shape index (κ1) is 10.4. The zero-order valence-electron chi connectivity index (χ0n) is 7.20. The Balaban J connectivity index is 3.69. The fourth-order valence-corrected chi connectivity index (χ4v) is 0.870. The fourth-order valence-electron chi connectivity index (χ4n) is 0.870. The van der Waals surface area contributed by atoms with Crippen LogP contribution in [0.4, 0.5) is 0 Å². The molecule has 66 valence electrons. The third-order valence-electron chi connectivity index (χ3n) is 1.15. The molecule has 0 rings (SSSR count). The molecule has 0 radical (unpaired) electrons. The van der Waals surface area contributed by atoms with Crippen LogP contribution in [-0.2, 0) is 4.79 Å². The fraction of sp³-hybridized carbons (Fsp3) is 0.857. The summed E-state index contributed by atoms with van der Waals surface area (Å²) in [5.74, 6) is -1.02. The molecule has 1 N–H and O–H groups in total. The Morgan fingerprint density at radius 1 is 1.55 bits per heavy atom. The van der Waals surface area contributed by atoms with Gasteiger partial charge in [-0.2, -0.15) is 0 Å². The second-order valence-electron chi connectivity index (χ2n) is 3.69. The quantitative estimate of drug-likeness (QED) is 0.532. The average molecular weight is 161 g/mol. The van der Waals surface area contributed by atoms with E-state index in [1.807, 2.05) is 21.1 Å². The van der Waals surface area contributed by atoms with E-state index in [1.165, 1.54) is 0 Å². The van der Waals surface area contributed by atoms with Gasteiger partial charge in [-0.15, -0.1) is 0 Å². The predicted octanol–water partition coefficient (Wildman–Crippen LogP) is -1.10. The van der Waals surface area contributed by atoms with Crippen molar-refractivity contribution in [2.24, 2.45) is 0 Å². The molecule has 4 heteroatoms. The number of carboxylic acid groups (broad SMARTS) is 1. The Hall–Kier alpha value is -0.610. The van der Waals surface area contributed by atoms with E-state index in [4.69, 9.17) is 5.11 Å². The summed E-state index contributed by atoms with van der Waals surface area (Å²) in [6.45, 7) is 0.353. The molecule has 0 saturated carbocycles.